The topological polar surface area (TPSA) is 60.9 Å². The molecule has 5 nitrogen and oxygen atoms in total. The fourth-order valence-corrected chi connectivity index (χ4v) is 2.43. The summed E-state index contributed by atoms with van der Waals surface area (Å²) in [5.41, 5.74) is 2.10. The molecule has 1 N–H and O–H groups in total. The summed E-state index contributed by atoms with van der Waals surface area (Å²) in [5, 5.41) is 8.85. The molecule has 0 radical (unpaired) electrons. The summed E-state index contributed by atoms with van der Waals surface area (Å²) in [5.74, 6) is -1.01. The van der Waals surface area contributed by atoms with Gasteiger partial charge in [-0.2, -0.15) is 0 Å². The number of hydrogen-bond donors (Lipinski definition) is 1. The van der Waals surface area contributed by atoms with Gasteiger partial charge in [-0.3, -0.25) is 14.5 Å². The summed E-state index contributed by atoms with van der Waals surface area (Å²) in [6, 6.07) is 7.81. The maximum atomic E-state index is 12.3. The Balaban J connectivity index is 2.04. The highest BCUT2D eigenvalue weighted by Gasteiger charge is 2.25. The smallest absolute Gasteiger partial charge is 0.317 e. The van der Waals surface area contributed by atoms with E-state index in [1.165, 1.54) is 0 Å². The number of fused-ring (bicyclic) bond motifs is 1. The summed E-state index contributed by atoms with van der Waals surface area (Å²) in [6.07, 6.45) is 2.45. The van der Waals surface area contributed by atoms with Gasteiger partial charge < -0.3 is 10.0 Å². The van der Waals surface area contributed by atoms with Crippen LogP contribution >= 0.6 is 0 Å². The summed E-state index contributed by atoms with van der Waals surface area (Å²) in [7, 11) is 0. The predicted octanol–water partition coefficient (Wildman–Crippen LogP) is 1.15. The van der Waals surface area contributed by atoms with E-state index >= 15 is 0 Å². The number of carbonyl (C=O) groups is 2. The Hall–Kier alpha value is -2.14. The SMILES string of the molecule is C=CCN(CC(=O)O)CC(=O)N1CCc2ccccc21. The van der Waals surface area contributed by atoms with E-state index in [0.717, 1.165) is 17.7 Å². The van der Waals surface area contributed by atoms with Gasteiger partial charge in [0, 0.05) is 18.8 Å². The maximum absolute atomic E-state index is 12.3. The average Bonchev–Trinajstić information content (AvgIpc) is 2.82. The third kappa shape index (κ3) is 3.24. The molecular formula is C15H18N2O3. The van der Waals surface area contributed by atoms with Crippen molar-refractivity contribution in [1.82, 2.24) is 4.90 Å². The van der Waals surface area contributed by atoms with E-state index in [2.05, 4.69) is 6.58 Å². The largest absolute Gasteiger partial charge is 0.480 e. The van der Waals surface area contributed by atoms with Gasteiger partial charge in [-0.1, -0.05) is 24.3 Å². The number of benzene rings is 1. The van der Waals surface area contributed by atoms with Gasteiger partial charge in [-0.15, -0.1) is 6.58 Å². The monoisotopic (exact) mass is 274 g/mol. The lowest BCUT2D eigenvalue weighted by atomic mass is 10.2. The molecule has 0 fully saturated rings. The number of anilines is 1. The zero-order valence-corrected chi connectivity index (χ0v) is 11.3. The molecule has 0 aliphatic carbocycles. The van der Waals surface area contributed by atoms with Crippen LogP contribution in [0.4, 0.5) is 5.69 Å². The first kappa shape index (κ1) is 14.3. The van der Waals surface area contributed by atoms with Crippen molar-refractivity contribution in [1.29, 1.82) is 0 Å². The first-order valence-electron chi connectivity index (χ1n) is 6.55. The Kier molecular flexibility index (Phi) is 4.53. The van der Waals surface area contributed by atoms with Gasteiger partial charge in [-0.05, 0) is 18.1 Å². The molecule has 1 aliphatic heterocycles. The first-order valence-corrected chi connectivity index (χ1v) is 6.55. The highest BCUT2D eigenvalue weighted by molar-refractivity contribution is 5.96. The fourth-order valence-electron chi connectivity index (χ4n) is 2.43. The van der Waals surface area contributed by atoms with Crippen molar-refractivity contribution < 1.29 is 14.7 Å². The van der Waals surface area contributed by atoms with E-state index in [9.17, 15) is 9.59 Å². The number of carbonyl (C=O) groups excluding carboxylic acids is 1. The number of amides is 1. The van der Waals surface area contributed by atoms with Gasteiger partial charge >= 0.3 is 5.97 Å². The summed E-state index contributed by atoms with van der Waals surface area (Å²) < 4.78 is 0. The van der Waals surface area contributed by atoms with Gasteiger partial charge in [0.25, 0.3) is 0 Å². The second kappa shape index (κ2) is 6.34. The molecule has 0 atom stereocenters. The minimum Gasteiger partial charge on any atom is -0.480 e. The second-order valence-corrected chi connectivity index (χ2v) is 4.78. The van der Waals surface area contributed by atoms with Crippen LogP contribution in [-0.2, 0) is 16.0 Å². The van der Waals surface area contributed by atoms with Crippen LogP contribution < -0.4 is 4.90 Å². The Morgan fingerprint density at radius 3 is 2.80 bits per heavy atom. The van der Waals surface area contributed by atoms with Gasteiger partial charge in [-0.25, -0.2) is 0 Å². The molecule has 1 aromatic rings. The molecular weight excluding hydrogens is 256 g/mol. The van der Waals surface area contributed by atoms with E-state index in [-0.39, 0.29) is 19.0 Å². The minimum atomic E-state index is -0.943. The normalized spacial score (nSPS) is 13.3. The Bertz CT molecular complexity index is 528. The summed E-state index contributed by atoms with van der Waals surface area (Å²) in [6.45, 7) is 4.56. The van der Waals surface area contributed by atoms with E-state index in [0.29, 0.717) is 13.1 Å². The molecule has 1 aliphatic rings. The first-order chi connectivity index (χ1) is 9.61. The maximum Gasteiger partial charge on any atom is 0.317 e. The number of rotatable bonds is 6. The molecule has 2 rings (SSSR count). The van der Waals surface area contributed by atoms with E-state index in [4.69, 9.17) is 5.11 Å². The Morgan fingerprint density at radius 2 is 2.10 bits per heavy atom. The van der Waals surface area contributed by atoms with Gasteiger partial charge in [0.1, 0.15) is 0 Å². The molecule has 0 spiro atoms. The van der Waals surface area contributed by atoms with Crippen molar-refractivity contribution in [2.75, 3.05) is 31.1 Å². The quantitative estimate of drug-likeness (QED) is 0.790. The standard InChI is InChI=1S/C15H18N2O3/c1-2-8-16(11-15(19)20)10-14(18)17-9-7-12-5-3-4-6-13(12)17/h2-6H,1,7-11H2,(H,19,20). The Morgan fingerprint density at radius 1 is 1.35 bits per heavy atom. The summed E-state index contributed by atoms with van der Waals surface area (Å²) in [4.78, 5) is 26.4. The molecule has 1 aromatic carbocycles. The van der Waals surface area contributed by atoms with E-state index in [1.54, 1.807) is 15.9 Å². The van der Waals surface area contributed by atoms with Crippen molar-refractivity contribution in [3.63, 3.8) is 0 Å². The minimum absolute atomic E-state index is 0.0712. The van der Waals surface area contributed by atoms with Gasteiger partial charge in [0.05, 0.1) is 13.1 Å². The number of aliphatic carboxylic acids is 1. The number of nitrogens with zero attached hydrogens (tertiary/aromatic N) is 2. The van der Waals surface area contributed by atoms with Gasteiger partial charge in [0.2, 0.25) is 5.91 Å². The lowest BCUT2D eigenvalue weighted by Crippen LogP contribution is -2.41. The van der Waals surface area contributed by atoms with Crippen LogP contribution in [0.15, 0.2) is 36.9 Å². The number of hydrogen-bond acceptors (Lipinski definition) is 3. The van der Waals surface area contributed by atoms with Crippen molar-refractivity contribution in [3.8, 4) is 0 Å². The van der Waals surface area contributed by atoms with E-state index < -0.39 is 5.97 Å². The Labute approximate surface area is 118 Å². The van der Waals surface area contributed by atoms with E-state index in [1.807, 2.05) is 24.3 Å². The molecule has 0 aromatic heterocycles. The number of para-hydroxylation sites is 1. The molecule has 106 valence electrons. The second-order valence-electron chi connectivity index (χ2n) is 4.78. The molecule has 0 bridgehead atoms. The van der Waals surface area contributed by atoms with Crippen LogP contribution in [0, 0.1) is 0 Å². The molecule has 0 unspecified atom stereocenters. The molecule has 0 saturated carbocycles. The van der Waals surface area contributed by atoms with Crippen LogP contribution in [0.3, 0.4) is 0 Å². The highest BCUT2D eigenvalue weighted by atomic mass is 16.4. The van der Waals surface area contributed by atoms with Crippen molar-refractivity contribution >= 4 is 17.6 Å². The zero-order chi connectivity index (χ0) is 14.5. The van der Waals surface area contributed by atoms with Crippen LogP contribution in [0.2, 0.25) is 0 Å². The number of carboxylic acids is 1. The molecule has 5 heteroatoms. The molecule has 1 heterocycles. The highest BCUT2D eigenvalue weighted by Crippen LogP contribution is 2.27. The molecule has 20 heavy (non-hydrogen) atoms. The summed E-state index contributed by atoms with van der Waals surface area (Å²) >= 11 is 0. The van der Waals surface area contributed by atoms with Crippen LogP contribution in [0.25, 0.3) is 0 Å². The molecule has 1 amide bonds. The van der Waals surface area contributed by atoms with Crippen LogP contribution in [0.5, 0.6) is 0 Å². The number of carboxylic acid groups (broad SMARTS) is 1. The third-order valence-corrected chi connectivity index (χ3v) is 3.29. The molecule has 0 saturated heterocycles. The lowest BCUT2D eigenvalue weighted by molar-refractivity contribution is -0.138. The fraction of sp³-hybridized carbons (Fsp3) is 0.333. The third-order valence-electron chi connectivity index (χ3n) is 3.29. The average molecular weight is 274 g/mol. The lowest BCUT2D eigenvalue weighted by Gasteiger charge is -2.23. The van der Waals surface area contributed by atoms with Crippen molar-refractivity contribution in [2.24, 2.45) is 0 Å². The van der Waals surface area contributed by atoms with Crippen LogP contribution in [-0.4, -0.2) is 48.1 Å². The van der Waals surface area contributed by atoms with Crippen LogP contribution in [0.1, 0.15) is 5.56 Å². The van der Waals surface area contributed by atoms with Gasteiger partial charge in [0.15, 0.2) is 0 Å². The zero-order valence-electron chi connectivity index (χ0n) is 11.3. The van der Waals surface area contributed by atoms with Crippen molar-refractivity contribution in [3.05, 3.63) is 42.5 Å². The van der Waals surface area contributed by atoms with Crippen molar-refractivity contribution in [2.45, 2.75) is 6.42 Å². The predicted molar refractivity (Wildman–Crippen MR) is 76.8 cm³/mol.